The van der Waals surface area contributed by atoms with E-state index < -0.39 is 0 Å². The molecule has 0 aliphatic carbocycles. The third kappa shape index (κ3) is 3.24. The lowest BCUT2D eigenvalue weighted by Crippen LogP contribution is -2.39. The Labute approximate surface area is 152 Å². The molecule has 7 heteroatoms. The first kappa shape index (κ1) is 16.5. The highest BCUT2D eigenvalue weighted by atomic mass is 16.2. The number of rotatable bonds is 4. The maximum atomic E-state index is 13.0. The molecule has 0 unspecified atom stereocenters. The van der Waals surface area contributed by atoms with Gasteiger partial charge in [0.05, 0.1) is 12.2 Å². The van der Waals surface area contributed by atoms with Crippen LogP contribution in [-0.4, -0.2) is 49.1 Å². The standard InChI is InChI=1S/C19H22N6O/c1-14-18(22-23-25(14)12-15-6-3-2-4-7-15)19(26)24-11-5-8-16(13-24)17-9-10-20-21-17/h2-4,6-7,9-10,16H,5,8,11-13H2,1H3,(H,20,21)/t16-/m1/s1. The van der Waals surface area contributed by atoms with Gasteiger partial charge < -0.3 is 4.90 Å². The summed E-state index contributed by atoms with van der Waals surface area (Å²) in [5.41, 5.74) is 3.48. The highest BCUT2D eigenvalue weighted by molar-refractivity contribution is 5.93. The third-order valence-corrected chi connectivity index (χ3v) is 5.03. The fraction of sp³-hybridized carbons (Fsp3) is 0.368. The van der Waals surface area contributed by atoms with E-state index in [4.69, 9.17) is 0 Å². The van der Waals surface area contributed by atoms with Gasteiger partial charge in [0, 0.05) is 30.9 Å². The molecule has 1 aromatic carbocycles. The fourth-order valence-corrected chi connectivity index (χ4v) is 3.52. The average Bonchev–Trinajstić information content (AvgIpc) is 3.33. The van der Waals surface area contributed by atoms with Crippen molar-refractivity contribution in [3.63, 3.8) is 0 Å². The number of nitrogens with zero attached hydrogens (tertiary/aromatic N) is 5. The zero-order chi connectivity index (χ0) is 17.9. The number of piperidine rings is 1. The lowest BCUT2D eigenvalue weighted by atomic mass is 9.94. The Morgan fingerprint density at radius 2 is 2.12 bits per heavy atom. The van der Waals surface area contributed by atoms with Gasteiger partial charge in [0.15, 0.2) is 5.69 Å². The van der Waals surface area contributed by atoms with Crippen LogP contribution in [0, 0.1) is 6.92 Å². The lowest BCUT2D eigenvalue weighted by Gasteiger charge is -2.31. The number of carbonyl (C=O) groups excluding carboxylic acids is 1. The van der Waals surface area contributed by atoms with Crippen LogP contribution in [0.2, 0.25) is 0 Å². The lowest BCUT2D eigenvalue weighted by molar-refractivity contribution is 0.0699. The van der Waals surface area contributed by atoms with Crippen molar-refractivity contribution < 1.29 is 4.79 Å². The van der Waals surface area contributed by atoms with Crippen molar-refractivity contribution in [2.24, 2.45) is 0 Å². The van der Waals surface area contributed by atoms with E-state index >= 15 is 0 Å². The topological polar surface area (TPSA) is 79.7 Å². The van der Waals surface area contributed by atoms with Gasteiger partial charge >= 0.3 is 0 Å². The fourth-order valence-electron chi connectivity index (χ4n) is 3.52. The molecule has 1 aliphatic heterocycles. The normalized spacial score (nSPS) is 17.4. The van der Waals surface area contributed by atoms with Crippen LogP contribution in [0.15, 0.2) is 42.6 Å². The van der Waals surface area contributed by atoms with E-state index in [-0.39, 0.29) is 5.91 Å². The van der Waals surface area contributed by atoms with E-state index in [9.17, 15) is 4.79 Å². The van der Waals surface area contributed by atoms with E-state index in [1.54, 1.807) is 10.9 Å². The number of nitrogens with one attached hydrogen (secondary N) is 1. The average molecular weight is 350 g/mol. The van der Waals surface area contributed by atoms with Gasteiger partial charge in [0.1, 0.15) is 0 Å². The predicted octanol–water partition coefficient (Wildman–Crippen LogP) is 2.38. The van der Waals surface area contributed by atoms with Crippen LogP contribution in [0.4, 0.5) is 0 Å². The summed E-state index contributed by atoms with van der Waals surface area (Å²) in [7, 11) is 0. The van der Waals surface area contributed by atoms with Gasteiger partial charge in [-0.2, -0.15) is 5.10 Å². The molecule has 26 heavy (non-hydrogen) atoms. The maximum Gasteiger partial charge on any atom is 0.276 e. The van der Waals surface area contributed by atoms with Crippen molar-refractivity contribution in [3.05, 3.63) is 65.2 Å². The molecule has 4 rings (SSSR count). The van der Waals surface area contributed by atoms with Crippen LogP contribution in [0.25, 0.3) is 0 Å². The summed E-state index contributed by atoms with van der Waals surface area (Å²) in [6, 6.07) is 12.1. The molecule has 1 aliphatic rings. The zero-order valence-corrected chi connectivity index (χ0v) is 14.8. The largest absolute Gasteiger partial charge is 0.337 e. The van der Waals surface area contributed by atoms with Crippen LogP contribution >= 0.6 is 0 Å². The summed E-state index contributed by atoms with van der Waals surface area (Å²) < 4.78 is 1.79. The van der Waals surface area contributed by atoms with Crippen molar-refractivity contribution in [3.8, 4) is 0 Å². The summed E-state index contributed by atoms with van der Waals surface area (Å²) >= 11 is 0. The Bertz CT molecular complexity index is 871. The number of aromatic amines is 1. The van der Waals surface area contributed by atoms with Crippen LogP contribution in [-0.2, 0) is 6.54 Å². The minimum atomic E-state index is -0.0361. The molecule has 1 saturated heterocycles. The first-order chi connectivity index (χ1) is 12.7. The molecule has 0 bridgehead atoms. The second-order valence-corrected chi connectivity index (χ2v) is 6.77. The first-order valence-electron chi connectivity index (χ1n) is 8.95. The Balaban J connectivity index is 1.49. The molecule has 1 atom stereocenters. The van der Waals surface area contributed by atoms with E-state index in [0.717, 1.165) is 36.3 Å². The summed E-state index contributed by atoms with van der Waals surface area (Å²) in [6.07, 6.45) is 3.80. The number of likely N-dealkylation sites (tertiary alicyclic amines) is 1. The Hall–Kier alpha value is -2.96. The summed E-state index contributed by atoms with van der Waals surface area (Å²) in [5.74, 6) is 0.265. The molecule has 1 N–H and O–H groups in total. The van der Waals surface area contributed by atoms with Crippen LogP contribution in [0.1, 0.15) is 46.2 Å². The number of carbonyl (C=O) groups is 1. The van der Waals surface area contributed by atoms with Crippen LogP contribution < -0.4 is 0 Å². The Morgan fingerprint density at radius 1 is 1.27 bits per heavy atom. The second-order valence-electron chi connectivity index (χ2n) is 6.77. The first-order valence-corrected chi connectivity index (χ1v) is 8.95. The Kier molecular flexibility index (Phi) is 4.51. The number of hydrogen-bond acceptors (Lipinski definition) is 4. The number of hydrogen-bond donors (Lipinski definition) is 1. The van der Waals surface area contributed by atoms with Gasteiger partial charge in [0.25, 0.3) is 5.91 Å². The van der Waals surface area contributed by atoms with Gasteiger partial charge in [-0.25, -0.2) is 4.68 Å². The SMILES string of the molecule is Cc1c(C(=O)N2CCC[C@@H](c3ccn[nH]3)C2)nnn1Cc1ccccc1. The zero-order valence-electron chi connectivity index (χ0n) is 14.8. The molecule has 0 spiro atoms. The molecular formula is C19H22N6O. The molecule has 0 radical (unpaired) electrons. The molecule has 134 valence electrons. The van der Waals surface area contributed by atoms with Gasteiger partial charge in [-0.1, -0.05) is 35.5 Å². The van der Waals surface area contributed by atoms with Gasteiger partial charge in [-0.3, -0.25) is 9.89 Å². The van der Waals surface area contributed by atoms with Crippen molar-refractivity contribution in [2.75, 3.05) is 13.1 Å². The summed E-state index contributed by atoms with van der Waals surface area (Å²) in [5, 5.41) is 15.4. The van der Waals surface area contributed by atoms with Gasteiger partial charge in [-0.15, -0.1) is 5.10 Å². The quantitative estimate of drug-likeness (QED) is 0.783. The van der Waals surface area contributed by atoms with E-state index in [1.165, 1.54) is 0 Å². The molecule has 7 nitrogen and oxygen atoms in total. The molecule has 1 fully saturated rings. The smallest absolute Gasteiger partial charge is 0.276 e. The highest BCUT2D eigenvalue weighted by Gasteiger charge is 2.29. The molecule has 0 saturated carbocycles. The molecule has 3 aromatic rings. The van der Waals surface area contributed by atoms with E-state index in [0.29, 0.717) is 24.7 Å². The Morgan fingerprint density at radius 3 is 2.88 bits per heavy atom. The second kappa shape index (κ2) is 7.11. The van der Waals surface area contributed by atoms with Crippen molar-refractivity contribution >= 4 is 5.91 Å². The molecule has 1 amide bonds. The molecule has 2 aromatic heterocycles. The number of amides is 1. The van der Waals surface area contributed by atoms with Crippen LogP contribution in [0.5, 0.6) is 0 Å². The van der Waals surface area contributed by atoms with Crippen LogP contribution in [0.3, 0.4) is 0 Å². The highest BCUT2D eigenvalue weighted by Crippen LogP contribution is 2.26. The molecule has 3 heterocycles. The molecular weight excluding hydrogens is 328 g/mol. The number of H-pyrrole nitrogens is 1. The minimum absolute atomic E-state index is 0.0361. The minimum Gasteiger partial charge on any atom is -0.337 e. The van der Waals surface area contributed by atoms with Gasteiger partial charge in [-0.05, 0) is 31.4 Å². The number of benzene rings is 1. The van der Waals surface area contributed by atoms with Crippen molar-refractivity contribution in [2.45, 2.75) is 32.2 Å². The van der Waals surface area contributed by atoms with Gasteiger partial charge in [0.2, 0.25) is 0 Å². The summed E-state index contributed by atoms with van der Waals surface area (Å²) in [6.45, 7) is 3.97. The maximum absolute atomic E-state index is 13.0. The predicted molar refractivity (Wildman–Crippen MR) is 96.8 cm³/mol. The summed E-state index contributed by atoms with van der Waals surface area (Å²) in [4.78, 5) is 14.9. The van der Waals surface area contributed by atoms with Crippen molar-refractivity contribution in [1.29, 1.82) is 0 Å². The third-order valence-electron chi connectivity index (χ3n) is 5.03. The monoisotopic (exact) mass is 350 g/mol. The van der Waals surface area contributed by atoms with E-state index in [2.05, 4.69) is 20.5 Å². The van der Waals surface area contributed by atoms with E-state index in [1.807, 2.05) is 48.2 Å². The number of aromatic nitrogens is 5. The van der Waals surface area contributed by atoms with Crippen molar-refractivity contribution in [1.82, 2.24) is 30.1 Å².